The highest BCUT2D eigenvalue weighted by Gasteiger charge is 2.43. The van der Waals surface area contributed by atoms with Crippen LogP contribution in [0.3, 0.4) is 0 Å². The van der Waals surface area contributed by atoms with E-state index >= 15 is 0 Å². The molecule has 0 spiro atoms. The Morgan fingerprint density at radius 3 is 1.50 bits per heavy atom. The fraction of sp³-hybridized carbons (Fsp3) is 0.514. The SMILES string of the molecule is Cc1cc2ncnc(N3CCN(S(=O)(=O)NC(=O)OC(C)(C)C)CC(F)(F)C3)c2cc1C.Cc1cc2ncnc(N3CCN(S(N)(=O)=O)CC(F)(F)C3)c2cc1C.Cl. The van der Waals surface area contributed by atoms with Crippen LogP contribution in [0.4, 0.5) is 34.0 Å². The minimum absolute atomic E-state index is 0. The molecule has 3 N–H and O–H groups in total. The summed E-state index contributed by atoms with van der Waals surface area (Å²) in [6.45, 7) is 8.59. The van der Waals surface area contributed by atoms with Gasteiger partial charge in [-0.25, -0.2) is 52.2 Å². The lowest BCUT2D eigenvalue weighted by Gasteiger charge is -2.25. The average Bonchev–Trinajstić information content (AvgIpc) is 3.34. The summed E-state index contributed by atoms with van der Waals surface area (Å²) in [4.78, 5) is 31.5. The molecule has 0 bridgehead atoms. The Labute approximate surface area is 340 Å². The number of hydrogen-bond donors (Lipinski definition) is 2. The highest BCUT2D eigenvalue weighted by Crippen LogP contribution is 2.32. The molecule has 23 heteroatoms. The van der Waals surface area contributed by atoms with Gasteiger partial charge in [0.15, 0.2) is 0 Å². The molecule has 2 fully saturated rings. The number of anilines is 2. The second-order valence-corrected chi connectivity index (χ2v) is 18.4. The van der Waals surface area contributed by atoms with E-state index in [0.29, 0.717) is 42.1 Å². The molecule has 0 atom stereocenters. The standard InChI is InChI=1S/C20H27F2N5O4S.C15H19F2N5O2S.ClH/c1-13-8-15-16(9-14(13)2)23-12-24-17(15)26-6-7-27(11-20(21,22)10-26)32(29,30)25-18(28)31-19(3,4)5;1-10-5-12-13(6-11(10)2)19-9-20-14(12)21-3-4-22(25(18,23)24)8-15(16,17)7-21;/h8-9,12H,6-7,10-11H2,1-5H3,(H,25,28);5-6,9H,3-4,7-8H2,1-2H3,(H2,18,23,24);1H. The lowest BCUT2D eigenvalue weighted by Crippen LogP contribution is -2.49. The van der Waals surface area contributed by atoms with Crippen LogP contribution in [0.1, 0.15) is 43.0 Å². The predicted octanol–water partition coefficient (Wildman–Crippen LogP) is 4.40. The Hall–Kier alpha value is -4.22. The Morgan fingerprint density at radius 1 is 0.690 bits per heavy atom. The minimum atomic E-state index is -4.54. The number of nitrogens with one attached hydrogen (secondary N) is 1. The van der Waals surface area contributed by atoms with Gasteiger partial charge in [0.2, 0.25) is 0 Å². The third-order valence-electron chi connectivity index (χ3n) is 9.27. The highest BCUT2D eigenvalue weighted by molar-refractivity contribution is 7.87. The zero-order valence-corrected chi connectivity index (χ0v) is 35.4. The van der Waals surface area contributed by atoms with Crippen LogP contribution >= 0.6 is 12.4 Å². The summed E-state index contributed by atoms with van der Waals surface area (Å²) in [5, 5.41) is 6.30. The van der Waals surface area contributed by atoms with Crippen molar-refractivity contribution in [2.24, 2.45) is 5.14 Å². The van der Waals surface area contributed by atoms with Gasteiger partial charge in [-0.2, -0.15) is 25.4 Å². The number of benzene rings is 2. The lowest BCUT2D eigenvalue weighted by molar-refractivity contribution is -0.000155. The first-order valence-corrected chi connectivity index (χ1v) is 20.7. The molecule has 0 unspecified atom stereocenters. The molecule has 0 aliphatic carbocycles. The van der Waals surface area contributed by atoms with Crippen molar-refractivity contribution >= 4 is 72.4 Å². The first kappa shape index (κ1) is 46.5. The van der Waals surface area contributed by atoms with Crippen molar-refractivity contribution < 1.29 is 43.9 Å². The maximum Gasteiger partial charge on any atom is 0.422 e. The van der Waals surface area contributed by atoms with Crippen LogP contribution in [0.15, 0.2) is 36.9 Å². The second kappa shape index (κ2) is 17.2. The van der Waals surface area contributed by atoms with Crippen molar-refractivity contribution in [3.63, 3.8) is 0 Å². The van der Waals surface area contributed by atoms with Crippen molar-refractivity contribution in [2.45, 2.75) is 65.9 Å². The molecule has 6 rings (SSSR count). The number of fused-ring (bicyclic) bond motifs is 2. The summed E-state index contributed by atoms with van der Waals surface area (Å²) in [5.74, 6) is -5.97. The van der Waals surface area contributed by atoms with Crippen molar-refractivity contribution in [3.8, 4) is 0 Å². The molecule has 2 saturated heterocycles. The molecule has 2 aromatic carbocycles. The van der Waals surface area contributed by atoms with Crippen LogP contribution in [0.2, 0.25) is 0 Å². The third-order valence-corrected chi connectivity index (χ3v) is 11.7. The largest absolute Gasteiger partial charge is 0.443 e. The smallest absolute Gasteiger partial charge is 0.422 e. The van der Waals surface area contributed by atoms with Gasteiger partial charge in [-0.1, -0.05) is 0 Å². The fourth-order valence-electron chi connectivity index (χ4n) is 6.32. The number of aromatic nitrogens is 4. The summed E-state index contributed by atoms with van der Waals surface area (Å²) in [6.07, 6.45) is 1.40. The van der Waals surface area contributed by atoms with Gasteiger partial charge in [-0.05, 0) is 95.0 Å². The van der Waals surface area contributed by atoms with E-state index in [2.05, 4.69) is 19.9 Å². The molecule has 0 radical (unpaired) electrons. The number of aryl methyl sites for hydroxylation is 4. The Morgan fingerprint density at radius 2 is 1.09 bits per heavy atom. The van der Waals surface area contributed by atoms with E-state index in [1.165, 1.54) is 22.5 Å². The van der Waals surface area contributed by atoms with E-state index in [0.717, 1.165) is 22.3 Å². The predicted molar refractivity (Wildman–Crippen MR) is 214 cm³/mol. The normalized spacial score (nSPS) is 18.1. The quantitative estimate of drug-likeness (QED) is 0.269. The molecule has 4 heterocycles. The summed E-state index contributed by atoms with van der Waals surface area (Å²) < 4.78 is 114. The zero-order valence-electron chi connectivity index (χ0n) is 33.0. The van der Waals surface area contributed by atoms with Gasteiger partial charge in [-0.15, -0.1) is 12.4 Å². The van der Waals surface area contributed by atoms with E-state index in [4.69, 9.17) is 9.88 Å². The molecular weight excluding hydrogens is 832 g/mol. The number of alkyl halides is 4. The minimum Gasteiger partial charge on any atom is -0.443 e. The number of carbonyl (C=O) groups excluding carboxylic acids is 1. The summed E-state index contributed by atoms with van der Waals surface area (Å²) in [5.41, 5.74) is 4.33. The number of hydrogen-bond acceptors (Lipinski definition) is 12. The second-order valence-electron chi connectivity index (χ2n) is 15.2. The highest BCUT2D eigenvalue weighted by atomic mass is 35.5. The number of nitrogens with two attached hydrogens (primary N) is 1. The van der Waals surface area contributed by atoms with Crippen LogP contribution in [-0.4, -0.2) is 121 Å². The van der Waals surface area contributed by atoms with E-state index in [1.807, 2.05) is 52.0 Å². The van der Waals surface area contributed by atoms with Crippen molar-refractivity contribution in [3.05, 3.63) is 59.2 Å². The lowest BCUT2D eigenvalue weighted by atomic mass is 10.1. The van der Waals surface area contributed by atoms with Crippen molar-refractivity contribution in [2.75, 3.05) is 62.2 Å². The van der Waals surface area contributed by atoms with E-state index in [-0.39, 0.29) is 38.6 Å². The molecule has 0 saturated carbocycles. The summed E-state index contributed by atoms with van der Waals surface area (Å²) in [7, 11) is -8.73. The van der Waals surface area contributed by atoms with Gasteiger partial charge >= 0.3 is 16.3 Å². The van der Waals surface area contributed by atoms with Gasteiger partial charge in [-0.3, -0.25) is 0 Å². The number of amides is 1. The Balaban J connectivity index is 0.000000259. The first-order valence-electron chi connectivity index (χ1n) is 17.7. The Kier molecular flexibility index (Phi) is 13.8. The van der Waals surface area contributed by atoms with Crippen LogP contribution in [-0.2, 0) is 25.2 Å². The summed E-state index contributed by atoms with van der Waals surface area (Å²) >= 11 is 0. The average molecular weight is 879 g/mol. The maximum atomic E-state index is 14.8. The monoisotopic (exact) mass is 878 g/mol. The van der Waals surface area contributed by atoms with Gasteiger partial charge in [0.05, 0.1) is 37.2 Å². The molecule has 4 aromatic rings. The number of carbonyl (C=O) groups is 1. The van der Waals surface area contributed by atoms with E-state index in [1.54, 1.807) is 25.5 Å². The topological polar surface area (TPSA) is 197 Å². The van der Waals surface area contributed by atoms with Crippen LogP contribution < -0.4 is 19.7 Å². The molecule has 58 heavy (non-hydrogen) atoms. The molecule has 16 nitrogen and oxygen atoms in total. The van der Waals surface area contributed by atoms with E-state index < -0.39 is 70.1 Å². The zero-order chi connectivity index (χ0) is 42.3. The van der Waals surface area contributed by atoms with Gasteiger partial charge in [0, 0.05) is 37.0 Å². The van der Waals surface area contributed by atoms with E-state index in [9.17, 15) is 39.2 Å². The number of nitrogens with zero attached hydrogens (tertiary/aromatic N) is 8. The van der Waals surface area contributed by atoms with Crippen LogP contribution in [0.25, 0.3) is 21.8 Å². The molecule has 2 aliphatic rings. The molecule has 320 valence electrons. The Bertz CT molecular complexity index is 2390. The van der Waals surface area contributed by atoms with Crippen LogP contribution in [0, 0.1) is 27.7 Å². The third kappa shape index (κ3) is 11.5. The van der Waals surface area contributed by atoms with Crippen molar-refractivity contribution in [1.82, 2.24) is 33.3 Å². The molecule has 1 amide bonds. The first-order chi connectivity index (χ1) is 26.2. The van der Waals surface area contributed by atoms with Gasteiger partial charge in [0.25, 0.3) is 22.1 Å². The maximum absolute atomic E-state index is 14.8. The fourth-order valence-corrected chi connectivity index (χ4v) is 8.08. The molecular formula is C35H47ClF4N10O6S2. The van der Waals surface area contributed by atoms with Gasteiger partial charge in [0.1, 0.15) is 29.9 Å². The number of halogens is 5. The van der Waals surface area contributed by atoms with Crippen LogP contribution in [0.5, 0.6) is 0 Å². The molecule has 2 aliphatic heterocycles. The summed E-state index contributed by atoms with van der Waals surface area (Å²) in [6, 6.07) is 7.43. The molecule has 2 aromatic heterocycles. The van der Waals surface area contributed by atoms with Crippen molar-refractivity contribution in [1.29, 1.82) is 0 Å². The number of rotatable bonds is 5. The number of ether oxygens (including phenoxy) is 1. The van der Waals surface area contributed by atoms with Gasteiger partial charge < -0.3 is 14.5 Å².